The number of nitrogens with zero attached hydrogens (tertiary/aromatic N) is 1. The maximum atomic E-state index is 12.0. The average Bonchev–Trinajstić information content (AvgIpc) is 2.50. The standard InChI is InChI=1S/C14H22N4O3S/c1-11-13(5-3-8-16-11)18-14(19)6-9-17-22(20,21)12-4-2-7-15-10-12/h2,4,7,10-11,13,16-17H,3,5-6,8-9H2,1H3,(H,18,19). The maximum absolute atomic E-state index is 12.0. The minimum Gasteiger partial charge on any atom is -0.352 e. The minimum absolute atomic E-state index is 0.0671. The molecule has 1 aliphatic heterocycles. The maximum Gasteiger partial charge on any atom is 0.242 e. The number of pyridine rings is 1. The van der Waals surface area contributed by atoms with Gasteiger partial charge in [0.15, 0.2) is 0 Å². The van der Waals surface area contributed by atoms with Crippen LogP contribution in [0.2, 0.25) is 0 Å². The van der Waals surface area contributed by atoms with Crippen LogP contribution in [-0.2, 0) is 14.8 Å². The number of amides is 1. The van der Waals surface area contributed by atoms with Crippen LogP contribution >= 0.6 is 0 Å². The summed E-state index contributed by atoms with van der Waals surface area (Å²) in [6.45, 7) is 3.07. The molecule has 0 bridgehead atoms. The number of hydrogen-bond donors (Lipinski definition) is 3. The minimum atomic E-state index is -3.60. The smallest absolute Gasteiger partial charge is 0.242 e. The zero-order chi connectivity index (χ0) is 16.0. The van der Waals surface area contributed by atoms with Gasteiger partial charge in [0.2, 0.25) is 15.9 Å². The molecule has 0 aromatic carbocycles. The van der Waals surface area contributed by atoms with Crippen LogP contribution in [-0.4, -0.2) is 44.5 Å². The lowest BCUT2D eigenvalue weighted by molar-refractivity contribution is -0.122. The summed E-state index contributed by atoms with van der Waals surface area (Å²) >= 11 is 0. The van der Waals surface area contributed by atoms with E-state index >= 15 is 0 Å². The van der Waals surface area contributed by atoms with Crippen LogP contribution in [0.15, 0.2) is 29.4 Å². The Morgan fingerprint density at radius 2 is 2.32 bits per heavy atom. The Balaban J connectivity index is 1.77. The number of carbonyl (C=O) groups is 1. The molecule has 0 radical (unpaired) electrons. The van der Waals surface area contributed by atoms with E-state index in [9.17, 15) is 13.2 Å². The van der Waals surface area contributed by atoms with Crippen molar-refractivity contribution < 1.29 is 13.2 Å². The Morgan fingerprint density at radius 3 is 3.00 bits per heavy atom. The van der Waals surface area contributed by atoms with Crippen molar-refractivity contribution in [2.75, 3.05) is 13.1 Å². The zero-order valence-corrected chi connectivity index (χ0v) is 13.4. The lowest BCUT2D eigenvalue weighted by Crippen LogP contribution is -2.52. The molecular formula is C14H22N4O3S. The first kappa shape index (κ1) is 16.9. The second-order valence-electron chi connectivity index (χ2n) is 5.40. The predicted octanol–water partition coefficient (Wildman–Crippen LogP) is 0.00670. The van der Waals surface area contributed by atoms with E-state index in [1.807, 2.05) is 6.92 Å². The molecule has 2 heterocycles. The van der Waals surface area contributed by atoms with Crippen molar-refractivity contribution in [3.63, 3.8) is 0 Å². The van der Waals surface area contributed by atoms with Crippen LogP contribution in [0.25, 0.3) is 0 Å². The average molecular weight is 326 g/mol. The van der Waals surface area contributed by atoms with Crippen LogP contribution in [0.5, 0.6) is 0 Å². The molecule has 8 heteroatoms. The summed E-state index contributed by atoms with van der Waals surface area (Å²) in [7, 11) is -3.60. The Labute approximate surface area is 131 Å². The molecule has 1 fully saturated rings. The molecule has 1 aromatic heterocycles. The second-order valence-corrected chi connectivity index (χ2v) is 7.16. The largest absolute Gasteiger partial charge is 0.352 e. The van der Waals surface area contributed by atoms with E-state index in [-0.39, 0.29) is 35.9 Å². The van der Waals surface area contributed by atoms with Gasteiger partial charge in [-0.05, 0) is 38.4 Å². The van der Waals surface area contributed by atoms with E-state index in [0.29, 0.717) is 0 Å². The number of piperidine rings is 1. The number of carbonyl (C=O) groups excluding carboxylic acids is 1. The molecule has 2 rings (SSSR count). The highest BCUT2D eigenvalue weighted by Crippen LogP contribution is 2.08. The molecule has 2 atom stereocenters. The number of hydrogen-bond acceptors (Lipinski definition) is 5. The van der Waals surface area contributed by atoms with Gasteiger partial charge in [-0.25, -0.2) is 13.1 Å². The van der Waals surface area contributed by atoms with Crippen LogP contribution < -0.4 is 15.4 Å². The van der Waals surface area contributed by atoms with E-state index in [1.165, 1.54) is 18.5 Å². The van der Waals surface area contributed by atoms with Crippen molar-refractivity contribution in [2.24, 2.45) is 0 Å². The molecule has 0 saturated carbocycles. The van der Waals surface area contributed by atoms with E-state index < -0.39 is 10.0 Å². The number of aromatic nitrogens is 1. The fraction of sp³-hybridized carbons (Fsp3) is 0.571. The molecule has 7 nitrogen and oxygen atoms in total. The van der Waals surface area contributed by atoms with Crippen LogP contribution in [0.1, 0.15) is 26.2 Å². The molecule has 122 valence electrons. The van der Waals surface area contributed by atoms with Crippen molar-refractivity contribution in [3.8, 4) is 0 Å². The lowest BCUT2D eigenvalue weighted by Gasteiger charge is -2.30. The molecule has 22 heavy (non-hydrogen) atoms. The first-order chi connectivity index (χ1) is 10.5. The number of nitrogens with one attached hydrogen (secondary N) is 3. The molecule has 3 N–H and O–H groups in total. The quantitative estimate of drug-likeness (QED) is 0.683. The van der Waals surface area contributed by atoms with Gasteiger partial charge in [0.05, 0.1) is 0 Å². The van der Waals surface area contributed by atoms with Crippen LogP contribution in [0.4, 0.5) is 0 Å². The molecule has 1 aromatic rings. The molecule has 1 amide bonds. The fourth-order valence-corrected chi connectivity index (χ4v) is 3.40. The van der Waals surface area contributed by atoms with Crippen LogP contribution in [0, 0.1) is 0 Å². The number of rotatable bonds is 6. The summed E-state index contributed by atoms with van der Waals surface area (Å²) < 4.78 is 26.3. The summed E-state index contributed by atoms with van der Waals surface area (Å²) in [5.41, 5.74) is 0. The topological polar surface area (TPSA) is 100 Å². The Hall–Kier alpha value is -1.51. The number of sulfonamides is 1. The first-order valence-electron chi connectivity index (χ1n) is 7.41. The molecule has 1 aliphatic rings. The van der Waals surface area contributed by atoms with Crippen molar-refractivity contribution in [1.82, 2.24) is 20.3 Å². The van der Waals surface area contributed by atoms with E-state index in [4.69, 9.17) is 0 Å². The summed E-state index contributed by atoms with van der Waals surface area (Å²) in [5.74, 6) is -0.144. The van der Waals surface area contributed by atoms with Crippen molar-refractivity contribution in [2.45, 2.75) is 43.2 Å². The van der Waals surface area contributed by atoms with Gasteiger partial charge in [-0.3, -0.25) is 9.78 Å². The zero-order valence-electron chi connectivity index (χ0n) is 12.6. The Morgan fingerprint density at radius 1 is 1.50 bits per heavy atom. The van der Waals surface area contributed by atoms with Gasteiger partial charge in [0, 0.05) is 37.4 Å². The first-order valence-corrected chi connectivity index (χ1v) is 8.90. The molecule has 0 spiro atoms. The third kappa shape index (κ3) is 4.75. The Kier molecular flexibility index (Phi) is 5.87. The van der Waals surface area contributed by atoms with Crippen molar-refractivity contribution >= 4 is 15.9 Å². The predicted molar refractivity (Wildman–Crippen MR) is 82.7 cm³/mol. The van der Waals surface area contributed by atoms with Gasteiger partial charge in [-0.1, -0.05) is 0 Å². The third-order valence-electron chi connectivity index (χ3n) is 3.70. The second kappa shape index (κ2) is 7.66. The fourth-order valence-electron chi connectivity index (χ4n) is 2.41. The van der Waals surface area contributed by atoms with Gasteiger partial charge in [0.25, 0.3) is 0 Å². The molecule has 2 unspecified atom stereocenters. The van der Waals surface area contributed by atoms with E-state index in [1.54, 1.807) is 6.07 Å². The highest BCUT2D eigenvalue weighted by molar-refractivity contribution is 7.89. The molecule has 0 aliphatic carbocycles. The van der Waals surface area contributed by atoms with Crippen LogP contribution in [0.3, 0.4) is 0 Å². The van der Waals surface area contributed by atoms with E-state index in [0.717, 1.165) is 19.4 Å². The Bertz CT molecular complexity index is 591. The van der Waals surface area contributed by atoms with Gasteiger partial charge in [-0.2, -0.15) is 0 Å². The van der Waals surface area contributed by atoms with Gasteiger partial charge in [-0.15, -0.1) is 0 Å². The highest BCUT2D eigenvalue weighted by atomic mass is 32.2. The summed E-state index contributed by atoms with van der Waals surface area (Å²) in [4.78, 5) is 15.8. The highest BCUT2D eigenvalue weighted by Gasteiger charge is 2.22. The monoisotopic (exact) mass is 326 g/mol. The van der Waals surface area contributed by atoms with Crippen molar-refractivity contribution in [3.05, 3.63) is 24.5 Å². The summed E-state index contributed by atoms with van der Waals surface area (Å²) in [5, 5.41) is 6.25. The molecular weight excluding hydrogens is 304 g/mol. The van der Waals surface area contributed by atoms with Gasteiger partial charge in [0.1, 0.15) is 4.90 Å². The normalized spacial score (nSPS) is 22.2. The summed E-state index contributed by atoms with van der Waals surface area (Å²) in [6, 6.07) is 3.37. The molecule has 1 saturated heterocycles. The van der Waals surface area contributed by atoms with Crippen molar-refractivity contribution in [1.29, 1.82) is 0 Å². The van der Waals surface area contributed by atoms with Gasteiger partial charge >= 0.3 is 0 Å². The van der Waals surface area contributed by atoms with E-state index in [2.05, 4.69) is 20.3 Å². The third-order valence-corrected chi connectivity index (χ3v) is 5.14. The SMILES string of the molecule is CC1NCCCC1NC(=O)CCNS(=O)(=O)c1cccnc1. The lowest BCUT2D eigenvalue weighted by atomic mass is 10.00. The summed E-state index contributed by atoms with van der Waals surface area (Å²) in [6.07, 6.45) is 4.87. The van der Waals surface area contributed by atoms with Gasteiger partial charge < -0.3 is 10.6 Å².